The van der Waals surface area contributed by atoms with Crippen molar-refractivity contribution in [2.24, 2.45) is 13.0 Å². The Morgan fingerprint density at radius 3 is 2.89 bits per heavy atom. The minimum atomic E-state index is -0.470. The number of aromatic nitrogens is 1. The zero-order chi connectivity index (χ0) is 13.8. The lowest BCUT2D eigenvalue weighted by atomic mass is 10.0. The molecule has 1 atom stereocenters. The second kappa shape index (κ2) is 5.89. The molecule has 1 aliphatic carbocycles. The van der Waals surface area contributed by atoms with Gasteiger partial charge in [0.2, 0.25) is 0 Å². The Bertz CT molecular complexity index is 495. The van der Waals surface area contributed by atoms with Crippen LogP contribution in [-0.2, 0) is 7.05 Å². The smallest absolute Gasteiger partial charge is 0.268 e. The van der Waals surface area contributed by atoms with Crippen LogP contribution in [0.25, 0.3) is 0 Å². The first-order valence-electron chi connectivity index (χ1n) is 6.64. The number of hydrogen-bond acceptors (Lipinski definition) is 3. The molecule has 1 aromatic rings. The van der Waals surface area contributed by atoms with Crippen LogP contribution in [0.2, 0.25) is 0 Å². The normalized spacial score (nSPS) is 17.1. The maximum atomic E-state index is 12.0. The molecule has 1 saturated carbocycles. The first-order valence-corrected chi connectivity index (χ1v) is 6.64. The monoisotopic (exact) mass is 261 g/mol. The van der Waals surface area contributed by atoms with Gasteiger partial charge in [-0.3, -0.25) is 4.79 Å². The van der Waals surface area contributed by atoms with E-state index < -0.39 is 6.10 Å². The summed E-state index contributed by atoms with van der Waals surface area (Å²) in [5, 5.41) is 21.5. The van der Waals surface area contributed by atoms with E-state index in [1.54, 1.807) is 23.9 Å². The molecule has 0 bridgehead atoms. The number of amides is 1. The lowest BCUT2D eigenvalue weighted by molar-refractivity contribution is 0.0834. The summed E-state index contributed by atoms with van der Waals surface area (Å²) < 4.78 is 1.62. The predicted molar refractivity (Wildman–Crippen MR) is 70.4 cm³/mol. The van der Waals surface area contributed by atoms with E-state index in [2.05, 4.69) is 5.32 Å². The van der Waals surface area contributed by atoms with E-state index in [1.165, 1.54) is 12.8 Å². The zero-order valence-corrected chi connectivity index (χ0v) is 11.1. The Kier molecular flexibility index (Phi) is 4.23. The third kappa shape index (κ3) is 3.15. The molecule has 1 heterocycles. The van der Waals surface area contributed by atoms with Crippen molar-refractivity contribution < 1.29 is 9.90 Å². The molecule has 0 radical (unpaired) electrons. The molecule has 1 fully saturated rings. The van der Waals surface area contributed by atoms with Crippen molar-refractivity contribution >= 4 is 5.91 Å². The number of carbonyl (C=O) groups excluding carboxylic acids is 1. The van der Waals surface area contributed by atoms with Crippen molar-refractivity contribution in [3.05, 3.63) is 23.5 Å². The van der Waals surface area contributed by atoms with Gasteiger partial charge in [-0.1, -0.05) is 12.8 Å². The Labute approximate surface area is 112 Å². The van der Waals surface area contributed by atoms with Crippen LogP contribution in [-0.4, -0.2) is 28.2 Å². The summed E-state index contributed by atoms with van der Waals surface area (Å²) in [5.74, 6) is 0.0597. The Morgan fingerprint density at radius 1 is 1.63 bits per heavy atom. The fourth-order valence-electron chi connectivity index (χ4n) is 2.65. The minimum Gasteiger partial charge on any atom is -0.391 e. The highest BCUT2D eigenvalue weighted by Gasteiger charge is 2.23. The van der Waals surface area contributed by atoms with Crippen LogP contribution in [0.15, 0.2) is 12.3 Å². The number of rotatable bonds is 4. The van der Waals surface area contributed by atoms with E-state index in [-0.39, 0.29) is 12.5 Å². The SMILES string of the molecule is Cn1cc(C#N)cc1C(=O)NCC(O)C1CCCC1. The molecule has 0 spiro atoms. The average Bonchev–Trinajstić information content (AvgIpc) is 3.04. The van der Waals surface area contributed by atoms with Gasteiger partial charge in [0.15, 0.2) is 0 Å². The number of aliphatic hydroxyl groups is 1. The van der Waals surface area contributed by atoms with Crippen LogP contribution in [0.3, 0.4) is 0 Å². The molecule has 0 aromatic carbocycles. The molecular weight excluding hydrogens is 242 g/mol. The Morgan fingerprint density at radius 2 is 2.32 bits per heavy atom. The maximum Gasteiger partial charge on any atom is 0.268 e. The first kappa shape index (κ1) is 13.6. The zero-order valence-electron chi connectivity index (χ0n) is 11.1. The van der Waals surface area contributed by atoms with Crippen LogP contribution < -0.4 is 5.32 Å². The van der Waals surface area contributed by atoms with Gasteiger partial charge >= 0.3 is 0 Å². The predicted octanol–water partition coefficient (Wildman–Crippen LogP) is 1.18. The lowest BCUT2D eigenvalue weighted by Crippen LogP contribution is -2.36. The van der Waals surface area contributed by atoms with Crippen molar-refractivity contribution in [2.45, 2.75) is 31.8 Å². The van der Waals surface area contributed by atoms with Crippen LogP contribution in [0, 0.1) is 17.2 Å². The topological polar surface area (TPSA) is 78.0 Å². The second-order valence-electron chi connectivity index (χ2n) is 5.16. The summed E-state index contributed by atoms with van der Waals surface area (Å²) in [5.41, 5.74) is 0.902. The van der Waals surface area contributed by atoms with Crippen molar-refractivity contribution in [3.8, 4) is 6.07 Å². The molecule has 102 valence electrons. The number of nitrogens with zero attached hydrogens (tertiary/aromatic N) is 2. The molecule has 19 heavy (non-hydrogen) atoms. The summed E-state index contributed by atoms with van der Waals surface area (Å²) in [6.07, 6.45) is 5.56. The van der Waals surface area contributed by atoms with Crippen molar-refractivity contribution in [3.63, 3.8) is 0 Å². The first-order chi connectivity index (χ1) is 9.11. The van der Waals surface area contributed by atoms with Gasteiger partial charge in [0.25, 0.3) is 5.91 Å². The maximum absolute atomic E-state index is 12.0. The van der Waals surface area contributed by atoms with E-state index in [9.17, 15) is 9.90 Å². The van der Waals surface area contributed by atoms with Gasteiger partial charge in [0.1, 0.15) is 11.8 Å². The fraction of sp³-hybridized carbons (Fsp3) is 0.571. The summed E-state index contributed by atoms with van der Waals surface area (Å²) in [6, 6.07) is 3.56. The van der Waals surface area contributed by atoms with Gasteiger partial charge in [-0.25, -0.2) is 0 Å². The third-order valence-corrected chi connectivity index (χ3v) is 3.78. The van der Waals surface area contributed by atoms with Crippen molar-refractivity contribution in [1.82, 2.24) is 9.88 Å². The van der Waals surface area contributed by atoms with E-state index in [0.717, 1.165) is 12.8 Å². The van der Waals surface area contributed by atoms with E-state index in [1.807, 2.05) is 6.07 Å². The highest BCUT2D eigenvalue weighted by Crippen LogP contribution is 2.27. The third-order valence-electron chi connectivity index (χ3n) is 3.78. The van der Waals surface area contributed by atoms with Crippen molar-refractivity contribution in [1.29, 1.82) is 5.26 Å². The number of aliphatic hydroxyl groups excluding tert-OH is 1. The Hall–Kier alpha value is -1.80. The van der Waals surface area contributed by atoms with Gasteiger partial charge in [0, 0.05) is 19.8 Å². The minimum absolute atomic E-state index is 0.249. The lowest BCUT2D eigenvalue weighted by Gasteiger charge is -2.18. The summed E-state index contributed by atoms with van der Waals surface area (Å²) in [6.45, 7) is 0.274. The molecule has 0 aliphatic heterocycles. The van der Waals surface area contributed by atoms with E-state index >= 15 is 0 Å². The molecule has 1 aliphatic rings. The summed E-state index contributed by atoms with van der Waals surface area (Å²) in [4.78, 5) is 12.0. The van der Waals surface area contributed by atoms with Crippen LogP contribution in [0.4, 0.5) is 0 Å². The number of carbonyl (C=O) groups is 1. The molecule has 2 N–H and O–H groups in total. The number of nitriles is 1. The molecule has 5 nitrogen and oxygen atoms in total. The second-order valence-corrected chi connectivity index (χ2v) is 5.16. The number of nitrogens with one attached hydrogen (secondary N) is 1. The molecule has 1 amide bonds. The summed E-state index contributed by atoms with van der Waals surface area (Å²) in [7, 11) is 1.73. The molecule has 1 aromatic heterocycles. The van der Waals surface area contributed by atoms with E-state index in [4.69, 9.17) is 5.26 Å². The summed E-state index contributed by atoms with van der Waals surface area (Å²) >= 11 is 0. The van der Waals surface area contributed by atoms with Gasteiger partial charge in [-0.05, 0) is 24.8 Å². The Balaban J connectivity index is 1.90. The average molecular weight is 261 g/mol. The quantitative estimate of drug-likeness (QED) is 0.854. The molecule has 2 rings (SSSR count). The van der Waals surface area contributed by atoms with Crippen LogP contribution in [0.1, 0.15) is 41.7 Å². The number of hydrogen-bond donors (Lipinski definition) is 2. The van der Waals surface area contributed by atoms with Gasteiger partial charge < -0.3 is 15.0 Å². The van der Waals surface area contributed by atoms with Crippen LogP contribution in [0.5, 0.6) is 0 Å². The molecule has 5 heteroatoms. The fourth-order valence-corrected chi connectivity index (χ4v) is 2.65. The standard InChI is InChI=1S/C14H19N3O2/c1-17-9-10(7-15)6-12(17)14(19)16-8-13(18)11-4-2-3-5-11/h6,9,11,13,18H,2-5,8H2,1H3,(H,16,19). The molecular formula is C14H19N3O2. The molecule has 0 saturated heterocycles. The van der Waals surface area contributed by atoms with Crippen LogP contribution >= 0.6 is 0 Å². The van der Waals surface area contributed by atoms with Gasteiger partial charge in [-0.2, -0.15) is 5.26 Å². The largest absolute Gasteiger partial charge is 0.391 e. The molecule has 1 unspecified atom stereocenters. The van der Waals surface area contributed by atoms with Gasteiger partial charge in [-0.15, -0.1) is 0 Å². The number of aryl methyl sites for hydroxylation is 1. The van der Waals surface area contributed by atoms with Gasteiger partial charge in [0.05, 0.1) is 11.7 Å². The highest BCUT2D eigenvalue weighted by atomic mass is 16.3. The van der Waals surface area contributed by atoms with E-state index in [0.29, 0.717) is 17.2 Å². The highest BCUT2D eigenvalue weighted by molar-refractivity contribution is 5.93. The van der Waals surface area contributed by atoms with Crippen molar-refractivity contribution in [2.75, 3.05) is 6.54 Å².